The van der Waals surface area contributed by atoms with Crippen LogP contribution >= 0.6 is 11.6 Å². The molecule has 5 nitrogen and oxygen atoms in total. The summed E-state index contributed by atoms with van der Waals surface area (Å²) in [5, 5.41) is 4.82. The van der Waals surface area contributed by atoms with Crippen LogP contribution in [0, 0.1) is 6.92 Å². The Morgan fingerprint density at radius 3 is 2.43 bits per heavy atom. The molecule has 0 atom stereocenters. The Morgan fingerprint density at radius 2 is 1.87 bits per heavy atom. The van der Waals surface area contributed by atoms with Gasteiger partial charge in [-0.1, -0.05) is 24.4 Å². The maximum atomic E-state index is 12.4. The van der Waals surface area contributed by atoms with E-state index in [1.165, 1.54) is 25.7 Å². The standard InChI is InChI=1S/C17H25ClN4O/c1-13-15(17(18)20(2)19-13)7-8-16(23)22-11-9-21(10-12-22)14-5-3-4-6-14/h7-8,14H,3-6,9-12H2,1-2H3/b8-7+. The maximum Gasteiger partial charge on any atom is 0.246 e. The van der Waals surface area contributed by atoms with Crippen LogP contribution in [0.5, 0.6) is 0 Å². The van der Waals surface area contributed by atoms with Crippen molar-refractivity contribution in [3.05, 3.63) is 22.5 Å². The van der Waals surface area contributed by atoms with Gasteiger partial charge in [0.2, 0.25) is 5.91 Å². The Bertz CT molecular complexity index is 596. The van der Waals surface area contributed by atoms with Gasteiger partial charge in [-0.2, -0.15) is 5.10 Å². The van der Waals surface area contributed by atoms with Crippen molar-refractivity contribution in [1.29, 1.82) is 0 Å². The second-order valence-corrected chi connectivity index (χ2v) is 6.90. The van der Waals surface area contributed by atoms with Crippen molar-refractivity contribution in [3.63, 3.8) is 0 Å². The average molecular weight is 337 g/mol. The van der Waals surface area contributed by atoms with Crippen molar-refractivity contribution < 1.29 is 4.79 Å². The number of aromatic nitrogens is 2. The SMILES string of the molecule is Cc1nn(C)c(Cl)c1/C=C/C(=O)N1CCN(C2CCCC2)CC1. The molecule has 6 heteroatoms. The largest absolute Gasteiger partial charge is 0.337 e. The van der Waals surface area contributed by atoms with Crippen LogP contribution < -0.4 is 0 Å². The third-order valence-electron chi connectivity index (χ3n) is 5.06. The second-order valence-electron chi connectivity index (χ2n) is 6.55. The van der Waals surface area contributed by atoms with E-state index in [4.69, 9.17) is 11.6 Å². The van der Waals surface area contributed by atoms with Crippen LogP contribution in [0.15, 0.2) is 6.08 Å². The number of carbonyl (C=O) groups is 1. The first-order valence-electron chi connectivity index (χ1n) is 8.46. The summed E-state index contributed by atoms with van der Waals surface area (Å²) in [4.78, 5) is 16.9. The third-order valence-corrected chi connectivity index (χ3v) is 5.50. The molecule has 2 heterocycles. The first-order valence-corrected chi connectivity index (χ1v) is 8.84. The molecule has 1 amide bonds. The van der Waals surface area contributed by atoms with Gasteiger partial charge in [0.25, 0.3) is 0 Å². The van der Waals surface area contributed by atoms with Crippen molar-refractivity contribution in [3.8, 4) is 0 Å². The molecule has 1 aromatic heterocycles. The molecular weight excluding hydrogens is 312 g/mol. The van der Waals surface area contributed by atoms with Gasteiger partial charge < -0.3 is 4.90 Å². The molecule has 0 spiro atoms. The van der Waals surface area contributed by atoms with Gasteiger partial charge in [-0.25, -0.2) is 0 Å². The monoisotopic (exact) mass is 336 g/mol. The number of rotatable bonds is 3. The molecule has 1 aliphatic carbocycles. The molecule has 126 valence electrons. The predicted octanol–water partition coefficient (Wildman–Crippen LogP) is 2.48. The van der Waals surface area contributed by atoms with Crippen LogP contribution in [0.1, 0.15) is 36.9 Å². The fourth-order valence-electron chi connectivity index (χ4n) is 3.67. The Balaban J connectivity index is 1.56. The molecule has 2 aliphatic rings. The number of halogens is 1. The van der Waals surface area contributed by atoms with Crippen LogP contribution in [0.4, 0.5) is 0 Å². The normalized spacial score (nSPS) is 20.7. The topological polar surface area (TPSA) is 41.4 Å². The highest BCUT2D eigenvalue weighted by molar-refractivity contribution is 6.31. The lowest BCUT2D eigenvalue weighted by Crippen LogP contribution is -2.51. The molecule has 0 aromatic carbocycles. The molecule has 1 saturated carbocycles. The van der Waals surface area contributed by atoms with E-state index in [0.29, 0.717) is 5.15 Å². The van der Waals surface area contributed by atoms with Crippen molar-refractivity contribution in [1.82, 2.24) is 19.6 Å². The minimum atomic E-state index is 0.0652. The number of amides is 1. The van der Waals surface area contributed by atoms with E-state index in [9.17, 15) is 4.79 Å². The highest BCUT2D eigenvalue weighted by atomic mass is 35.5. The summed E-state index contributed by atoms with van der Waals surface area (Å²) in [6.07, 6.45) is 8.78. The molecule has 1 aliphatic heterocycles. The zero-order valence-electron chi connectivity index (χ0n) is 14.0. The lowest BCUT2D eigenvalue weighted by Gasteiger charge is -2.37. The Morgan fingerprint density at radius 1 is 1.22 bits per heavy atom. The lowest BCUT2D eigenvalue weighted by molar-refractivity contribution is -0.127. The maximum absolute atomic E-state index is 12.4. The van der Waals surface area contributed by atoms with Gasteiger partial charge in [0.05, 0.1) is 5.69 Å². The van der Waals surface area contributed by atoms with Crippen LogP contribution in [0.2, 0.25) is 5.15 Å². The fraction of sp³-hybridized carbons (Fsp3) is 0.647. The summed E-state index contributed by atoms with van der Waals surface area (Å²) in [5.74, 6) is 0.0652. The van der Waals surface area contributed by atoms with Gasteiger partial charge >= 0.3 is 0 Å². The average Bonchev–Trinajstić information content (AvgIpc) is 3.16. The number of nitrogens with zero attached hydrogens (tertiary/aromatic N) is 4. The van der Waals surface area contributed by atoms with Gasteiger partial charge in [0, 0.05) is 50.9 Å². The van der Waals surface area contributed by atoms with Crippen molar-refractivity contribution in [2.45, 2.75) is 38.6 Å². The summed E-state index contributed by atoms with van der Waals surface area (Å²) >= 11 is 6.19. The Kier molecular flexibility index (Phi) is 5.07. The molecule has 1 saturated heterocycles. The first kappa shape index (κ1) is 16.5. The highest BCUT2D eigenvalue weighted by Crippen LogP contribution is 2.24. The number of hydrogen-bond acceptors (Lipinski definition) is 3. The smallest absolute Gasteiger partial charge is 0.246 e. The molecule has 2 fully saturated rings. The van der Waals surface area contributed by atoms with Crippen LogP contribution in [-0.4, -0.2) is 57.7 Å². The van der Waals surface area contributed by atoms with E-state index < -0.39 is 0 Å². The molecule has 1 aromatic rings. The molecule has 0 unspecified atom stereocenters. The van der Waals surface area contributed by atoms with E-state index in [-0.39, 0.29) is 5.91 Å². The van der Waals surface area contributed by atoms with Crippen molar-refractivity contribution in [2.24, 2.45) is 7.05 Å². The minimum Gasteiger partial charge on any atom is -0.337 e. The predicted molar refractivity (Wildman–Crippen MR) is 92.4 cm³/mol. The third kappa shape index (κ3) is 3.61. The number of aryl methyl sites for hydroxylation is 2. The van der Waals surface area contributed by atoms with Gasteiger partial charge in [-0.05, 0) is 25.8 Å². The molecule has 0 N–H and O–H groups in total. The van der Waals surface area contributed by atoms with Crippen molar-refractivity contribution >= 4 is 23.6 Å². The van der Waals surface area contributed by atoms with E-state index in [0.717, 1.165) is 43.5 Å². The molecule has 0 bridgehead atoms. The van der Waals surface area contributed by atoms with Gasteiger partial charge in [-0.3, -0.25) is 14.4 Å². The number of carbonyl (C=O) groups excluding carboxylic acids is 1. The number of hydrogen-bond donors (Lipinski definition) is 0. The molecule has 23 heavy (non-hydrogen) atoms. The van der Waals surface area contributed by atoms with E-state index >= 15 is 0 Å². The summed E-state index contributed by atoms with van der Waals surface area (Å²) < 4.78 is 1.63. The first-order chi connectivity index (χ1) is 11.1. The Labute approximate surface area is 142 Å². The summed E-state index contributed by atoms with van der Waals surface area (Å²) in [6.45, 7) is 5.53. The molecule has 0 radical (unpaired) electrons. The zero-order chi connectivity index (χ0) is 16.4. The summed E-state index contributed by atoms with van der Waals surface area (Å²) in [5.41, 5.74) is 1.67. The Hall–Kier alpha value is -1.33. The van der Waals surface area contributed by atoms with Gasteiger partial charge in [0.15, 0.2) is 0 Å². The van der Waals surface area contributed by atoms with E-state index in [1.54, 1.807) is 23.9 Å². The van der Waals surface area contributed by atoms with Crippen LogP contribution in [0.3, 0.4) is 0 Å². The fourth-order valence-corrected chi connectivity index (χ4v) is 3.91. The minimum absolute atomic E-state index is 0.0652. The van der Waals surface area contributed by atoms with Crippen molar-refractivity contribution in [2.75, 3.05) is 26.2 Å². The highest BCUT2D eigenvalue weighted by Gasteiger charge is 2.27. The quantitative estimate of drug-likeness (QED) is 0.796. The van der Waals surface area contributed by atoms with Gasteiger partial charge in [0.1, 0.15) is 5.15 Å². The molecular formula is C17H25ClN4O. The lowest BCUT2D eigenvalue weighted by atomic mass is 10.1. The van der Waals surface area contributed by atoms with E-state index in [1.807, 2.05) is 11.8 Å². The van der Waals surface area contributed by atoms with Crippen LogP contribution in [0.25, 0.3) is 6.08 Å². The molecule has 3 rings (SSSR count). The summed E-state index contributed by atoms with van der Waals surface area (Å²) in [6, 6.07) is 0.750. The van der Waals surface area contributed by atoms with Gasteiger partial charge in [-0.15, -0.1) is 0 Å². The summed E-state index contributed by atoms with van der Waals surface area (Å²) in [7, 11) is 1.80. The second kappa shape index (κ2) is 7.05. The van der Waals surface area contributed by atoms with E-state index in [2.05, 4.69) is 10.00 Å². The number of piperazine rings is 1. The van der Waals surface area contributed by atoms with Crippen LogP contribution in [-0.2, 0) is 11.8 Å². The zero-order valence-corrected chi connectivity index (χ0v) is 14.7.